The molecule has 4 aromatic rings. The Balaban J connectivity index is 1.78. The lowest BCUT2D eigenvalue weighted by atomic mass is 9.92. The van der Waals surface area contributed by atoms with E-state index in [1.54, 1.807) is 42.9 Å². The fourth-order valence-electron chi connectivity index (χ4n) is 4.75. The van der Waals surface area contributed by atoms with Crippen LogP contribution in [0.1, 0.15) is 38.8 Å². The lowest BCUT2D eigenvalue weighted by molar-refractivity contribution is 0.0995. The summed E-state index contributed by atoms with van der Waals surface area (Å²) in [6.45, 7) is 2.28. The summed E-state index contributed by atoms with van der Waals surface area (Å²) >= 11 is 0. The summed E-state index contributed by atoms with van der Waals surface area (Å²) in [5.74, 6) is -1.28. The molecule has 0 radical (unpaired) electrons. The Morgan fingerprint density at radius 2 is 1.97 bits per heavy atom. The second-order valence-electron chi connectivity index (χ2n) is 8.48. The van der Waals surface area contributed by atoms with Crippen molar-refractivity contribution in [2.24, 2.45) is 18.5 Å². The van der Waals surface area contributed by atoms with E-state index in [0.29, 0.717) is 38.9 Å². The summed E-state index contributed by atoms with van der Waals surface area (Å²) in [6.07, 6.45) is 1.43. The second kappa shape index (κ2) is 7.95. The number of halogens is 1. The van der Waals surface area contributed by atoms with Gasteiger partial charge in [-0.25, -0.2) is 9.18 Å². The predicted octanol–water partition coefficient (Wildman–Crippen LogP) is 2.34. The molecule has 0 saturated heterocycles. The largest absolute Gasteiger partial charge is 0.365 e. The minimum atomic E-state index is -0.776. The minimum Gasteiger partial charge on any atom is -0.365 e. The number of rotatable bonds is 3. The first-order valence-corrected chi connectivity index (χ1v) is 10.8. The van der Waals surface area contributed by atoms with Crippen LogP contribution in [-0.2, 0) is 13.6 Å². The Morgan fingerprint density at radius 1 is 1.20 bits per heavy atom. The number of fused-ring (bicyclic) bond motifs is 2. The zero-order valence-electron chi connectivity index (χ0n) is 19.0. The molecule has 1 unspecified atom stereocenters. The zero-order valence-corrected chi connectivity index (χ0v) is 19.0. The van der Waals surface area contributed by atoms with Gasteiger partial charge in [-0.3, -0.25) is 14.2 Å². The van der Waals surface area contributed by atoms with Crippen LogP contribution in [0.2, 0.25) is 0 Å². The van der Waals surface area contributed by atoms with E-state index in [2.05, 4.69) is 16.3 Å². The smallest absolute Gasteiger partial charge is 0.315 e. The molecule has 2 aromatic heterocycles. The van der Waals surface area contributed by atoms with E-state index in [1.807, 2.05) is 0 Å². The summed E-state index contributed by atoms with van der Waals surface area (Å²) in [4.78, 5) is 26.6. The normalized spacial score (nSPS) is 15.1. The maximum atomic E-state index is 14.9. The van der Waals surface area contributed by atoms with Gasteiger partial charge in [-0.2, -0.15) is 15.5 Å². The molecule has 2 aromatic carbocycles. The van der Waals surface area contributed by atoms with E-state index in [0.717, 1.165) is 0 Å². The van der Waals surface area contributed by atoms with Crippen LogP contribution in [0.3, 0.4) is 0 Å². The molecule has 0 aliphatic carbocycles. The molecule has 0 saturated carbocycles. The van der Waals surface area contributed by atoms with Gasteiger partial charge in [0.25, 0.3) is 5.91 Å². The van der Waals surface area contributed by atoms with Gasteiger partial charge in [0.15, 0.2) is 0 Å². The van der Waals surface area contributed by atoms with Crippen molar-refractivity contribution < 1.29 is 14.0 Å². The zero-order chi connectivity index (χ0) is 25.0. The third-order valence-corrected chi connectivity index (χ3v) is 6.42. The Kier molecular flexibility index (Phi) is 5.02. The highest BCUT2D eigenvalue weighted by Gasteiger charge is 2.38. The van der Waals surface area contributed by atoms with Crippen LogP contribution in [0.25, 0.3) is 22.2 Å². The van der Waals surface area contributed by atoms with E-state index in [4.69, 9.17) is 11.5 Å². The SMILES string of the molecule is Cc1cc(C2c3c(C(N)=O)c(-c4cc(F)c5cnn(C)c5c4)nn3CCN2C(N)=O)ccc1C#N. The van der Waals surface area contributed by atoms with Crippen LogP contribution >= 0.6 is 0 Å². The number of carbonyl (C=O) groups is 2. The number of benzene rings is 2. The molecule has 0 fully saturated rings. The molecule has 4 N–H and O–H groups in total. The molecule has 11 heteroatoms. The van der Waals surface area contributed by atoms with Gasteiger partial charge >= 0.3 is 6.03 Å². The van der Waals surface area contributed by atoms with Gasteiger partial charge in [-0.1, -0.05) is 12.1 Å². The van der Waals surface area contributed by atoms with E-state index in [1.165, 1.54) is 21.8 Å². The number of hydrogen-bond donors (Lipinski definition) is 2. The second-order valence-corrected chi connectivity index (χ2v) is 8.48. The number of hydrogen-bond acceptors (Lipinski definition) is 5. The number of nitrogens with two attached hydrogens (primary N) is 2. The average molecular weight is 472 g/mol. The van der Waals surface area contributed by atoms with Crippen molar-refractivity contribution in [2.45, 2.75) is 19.5 Å². The van der Waals surface area contributed by atoms with Crippen LogP contribution in [0.5, 0.6) is 0 Å². The number of primary amides is 2. The fraction of sp³-hybridized carbons (Fsp3) is 0.208. The van der Waals surface area contributed by atoms with Gasteiger partial charge in [-0.15, -0.1) is 0 Å². The molecule has 0 bridgehead atoms. The molecule has 10 nitrogen and oxygen atoms in total. The summed E-state index contributed by atoms with van der Waals surface area (Å²) in [6, 6.07) is 8.77. The first kappa shape index (κ1) is 22.1. The molecule has 3 heterocycles. The third-order valence-electron chi connectivity index (χ3n) is 6.42. The molecule has 1 aliphatic rings. The first-order chi connectivity index (χ1) is 16.7. The highest BCUT2D eigenvalue weighted by Crippen LogP contribution is 2.39. The molecule has 1 atom stereocenters. The summed E-state index contributed by atoms with van der Waals surface area (Å²) in [5.41, 5.74) is 14.9. The van der Waals surface area contributed by atoms with Gasteiger partial charge in [0.2, 0.25) is 0 Å². The van der Waals surface area contributed by atoms with Crippen LogP contribution < -0.4 is 11.5 Å². The number of nitrogens with zero attached hydrogens (tertiary/aromatic N) is 6. The number of nitriles is 1. The lowest BCUT2D eigenvalue weighted by Gasteiger charge is -2.36. The summed E-state index contributed by atoms with van der Waals surface area (Å²) in [7, 11) is 1.69. The average Bonchev–Trinajstić information content (AvgIpc) is 3.39. The number of aromatic nitrogens is 4. The van der Waals surface area contributed by atoms with Crippen molar-refractivity contribution in [2.75, 3.05) is 6.54 Å². The molecule has 0 spiro atoms. The van der Waals surface area contributed by atoms with Gasteiger partial charge in [0.05, 0.1) is 46.5 Å². The Morgan fingerprint density at radius 3 is 2.63 bits per heavy atom. The molecule has 5 rings (SSSR count). The standard InChI is InChI=1S/C24H21FN8O2/c1-12-7-13(3-4-14(12)10-26)21-22-19(23(27)34)20(30-33(22)6-5-32(21)24(28)35)15-8-17(25)16-11-29-31(2)18(16)9-15/h3-4,7-9,11,21H,5-6H2,1-2H3,(H2,27,34)(H2,28,35). The number of urea groups is 1. The Labute approximate surface area is 199 Å². The van der Waals surface area contributed by atoms with E-state index in [-0.39, 0.29) is 24.3 Å². The minimum absolute atomic E-state index is 0.0730. The molecule has 3 amide bonds. The van der Waals surface area contributed by atoms with Crippen molar-refractivity contribution in [3.63, 3.8) is 0 Å². The van der Waals surface area contributed by atoms with Crippen molar-refractivity contribution >= 4 is 22.8 Å². The van der Waals surface area contributed by atoms with Gasteiger partial charge in [0, 0.05) is 19.2 Å². The molecule has 1 aliphatic heterocycles. The quantitative estimate of drug-likeness (QED) is 0.469. The monoisotopic (exact) mass is 472 g/mol. The molecular weight excluding hydrogens is 451 g/mol. The highest BCUT2D eigenvalue weighted by molar-refractivity contribution is 6.01. The summed E-state index contributed by atoms with van der Waals surface area (Å²) in [5, 5.41) is 18.4. The van der Waals surface area contributed by atoms with E-state index >= 15 is 0 Å². The van der Waals surface area contributed by atoms with Gasteiger partial charge < -0.3 is 16.4 Å². The number of aryl methyl sites for hydroxylation is 2. The van der Waals surface area contributed by atoms with Crippen LogP contribution in [-0.4, -0.2) is 42.9 Å². The molecular formula is C24H21FN8O2. The Hall–Kier alpha value is -4.72. The van der Waals surface area contributed by atoms with Crippen molar-refractivity contribution in [3.05, 3.63) is 70.3 Å². The van der Waals surface area contributed by atoms with Crippen LogP contribution in [0, 0.1) is 24.1 Å². The number of amides is 3. The third kappa shape index (κ3) is 3.38. The Bertz CT molecular complexity index is 1580. The molecule has 176 valence electrons. The topological polar surface area (TPSA) is 149 Å². The van der Waals surface area contributed by atoms with Gasteiger partial charge in [0.1, 0.15) is 17.6 Å². The molecule has 35 heavy (non-hydrogen) atoms. The highest BCUT2D eigenvalue weighted by atomic mass is 19.1. The lowest BCUT2D eigenvalue weighted by Crippen LogP contribution is -2.46. The maximum absolute atomic E-state index is 14.9. The van der Waals surface area contributed by atoms with E-state index < -0.39 is 23.8 Å². The summed E-state index contributed by atoms with van der Waals surface area (Å²) < 4.78 is 18.0. The van der Waals surface area contributed by atoms with E-state index in [9.17, 15) is 19.2 Å². The first-order valence-electron chi connectivity index (χ1n) is 10.8. The predicted molar refractivity (Wildman–Crippen MR) is 124 cm³/mol. The van der Waals surface area contributed by atoms with Gasteiger partial charge in [-0.05, 0) is 36.2 Å². The van der Waals surface area contributed by atoms with Crippen molar-refractivity contribution in [3.8, 4) is 17.3 Å². The van der Waals surface area contributed by atoms with Crippen molar-refractivity contribution in [1.82, 2.24) is 24.5 Å². The fourth-order valence-corrected chi connectivity index (χ4v) is 4.75. The number of carbonyl (C=O) groups excluding carboxylic acids is 2. The van der Waals surface area contributed by atoms with Crippen molar-refractivity contribution in [1.29, 1.82) is 5.26 Å². The van der Waals surface area contributed by atoms with Crippen LogP contribution in [0.15, 0.2) is 36.5 Å². The van der Waals surface area contributed by atoms with Crippen LogP contribution in [0.4, 0.5) is 9.18 Å². The maximum Gasteiger partial charge on any atom is 0.315 e.